The maximum atomic E-state index is 12.7. The van der Waals surface area contributed by atoms with Crippen LogP contribution in [0.25, 0.3) is 0 Å². The number of rotatable bonds is 0. The fourth-order valence-electron chi connectivity index (χ4n) is 2.10. The SMILES string of the molecule is FC(F)(F)c1ccc2c(c1)N=C(Cl)C1=C(CCC=C1)O2. The minimum atomic E-state index is -4.42. The molecule has 104 valence electrons. The number of nitrogens with zero attached hydrogens (tertiary/aromatic N) is 1. The first kappa shape index (κ1) is 13.2. The Kier molecular flexibility index (Phi) is 3.09. The van der Waals surface area contributed by atoms with Gasteiger partial charge >= 0.3 is 6.18 Å². The number of benzene rings is 1. The molecule has 0 N–H and O–H groups in total. The molecule has 6 heteroatoms. The Bertz CT molecular complexity index is 659. The average Bonchev–Trinajstić information content (AvgIpc) is 2.53. The third-order valence-corrected chi connectivity index (χ3v) is 3.37. The van der Waals surface area contributed by atoms with Gasteiger partial charge in [0.2, 0.25) is 0 Å². The minimum absolute atomic E-state index is 0.0904. The summed E-state index contributed by atoms with van der Waals surface area (Å²) in [6, 6.07) is 3.20. The maximum Gasteiger partial charge on any atom is 0.416 e. The standard InChI is InChI=1S/C14H9ClF3NO/c15-13-9-3-1-2-4-11(9)20-12-6-5-8(14(16,17)18)7-10(12)19-13/h1,3,5-7H,2,4H2. The summed E-state index contributed by atoms with van der Waals surface area (Å²) in [5.41, 5.74) is -0.0567. The second kappa shape index (κ2) is 4.66. The molecule has 0 saturated carbocycles. The van der Waals surface area contributed by atoms with E-state index in [-0.39, 0.29) is 16.6 Å². The predicted octanol–water partition coefficient (Wildman–Crippen LogP) is 4.97. The van der Waals surface area contributed by atoms with Crippen molar-refractivity contribution in [1.29, 1.82) is 0 Å². The van der Waals surface area contributed by atoms with E-state index in [1.165, 1.54) is 6.07 Å². The number of halogens is 4. The smallest absolute Gasteiger partial charge is 0.416 e. The Hall–Kier alpha value is -1.75. The number of aliphatic imine (C=N–C) groups is 1. The maximum absolute atomic E-state index is 12.7. The van der Waals surface area contributed by atoms with Gasteiger partial charge in [-0.05, 0) is 24.6 Å². The van der Waals surface area contributed by atoms with Gasteiger partial charge in [-0.1, -0.05) is 23.8 Å². The number of hydrogen-bond acceptors (Lipinski definition) is 2. The predicted molar refractivity (Wildman–Crippen MR) is 70.4 cm³/mol. The van der Waals surface area contributed by atoms with Gasteiger partial charge in [0.15, 0.2) is 5.75 Å². The molecule has 1 heterocycles. The van der Waals surface area contributed by atoms with Gasteiger partial charge in [0.25, 0.3) is 0 Å². The van der Waals surface area contributed by atoms with Crippen molar-refractivity contribution >= 4 is 22.5 Å². The van der Waals surface area contributed by atoms with E-state index in [1.54, 1.807) is 6.08 Å². The highest BCUT2D eigenvalue weighted by Gasteiger charge is 2.32. The number of allylic oxidation sites excluding steroid dienone is 4. The van der Waals surface area contributed by atoms with Crippen LogP contribution in [0.1, 0.15) is 18.4 Å². The quantitative estimate of drug-likeness (QED) is 0.662. The zero-order valence-corrected chi connectivity index (χ0v) is 10.9. The van der Waals surface area contributed by atoms with Crippen molar-refractivity contribution < 1.29 is 17.9 Å². The van der Waals surface area contributed by atoms with Crippen LogP contribution in [0.4, 0.5) is 18.9 Å². The van der Waals surface area contributed by atoms with Gasteiger partial charge in [-0.15, -0.1) is 0 Å². The molecule has 0 saturated heterocycles. The molecule has 0 bridgehead atoms. The van der Waals surface area contributed by atoms with Gasteiger partial charge in [0.1, 0.15) is 16.6 Å². The van der Waals surface area contributed by atoms with Crippen molar-refractivity contribution in [2.75, 3.05) is 0 Å². The molecule has 1 aliphatic carbocycles. The molecule has 2 aliphatic rings. The summed E-state index contributed by atoms with van der Waals surface area (Å²) in [6.07, 6.45) is 0.742. The van der Waals surface area contributed by atoms with E-state index in [4.69, 9.17) is 16.3 Å². The molecule has 20 heavy (non-hydrogen) atoms. The van der Waals surface area contributed by atoms with Crippen LogP contribution in [0.3, 0.4) is 0 Å². The first-order chi connectivity index (χ1) is 9.45. The fourth-order valence-corrected chi connectivity index (χ4v) is 2.36. The van der Waals surface area contributed by atoms with Gasteiger partial charge < -0.3 is 4.74 Å². The molecule has 0 amide bonds. The van der Waals surface area contributed by atoms with Crippen molar-refractivity contribution in [3.63, 3.8) is 0 Å². The molecule has 0 fully saturated rings. The summed E-state index contributed by atoms with van der Waals surface area (Å²) >= 11 is 6.07. The van der Waals surface area contributed by atoms with Crippen LogP contribution in [-0.2, 0) is 6.18 Å². The molecule has 2 nitrogen and oxygen atoms in total. The van der Waals surface area contributed by atoms with Crippen molar-refractivity contribution in [1.82, 2.24) is 0 Å². The van der Waals surface area contributed by atoms with Crippen LogP contribution in [0, 0.1) is 0 Å². The number of alkyl halides is 3. The van der Waals surface area contributed by atoms with Gasteiger partial charge in [0.05, 0.1) is 5.56 Å². The van der Waals surface area contributed by atoms with Crippen molar-refractivity contribution in [2.45, 2.75) is 19.0 Å². The molecule has 1 aromatic carbocycles. The molecule has 3 rings (SSSR count). The molecule has 0 radical (unpaired) electrons. The molecule has 0 unspecified atom stereocenters. The highest BCUT2D eigenvalue weighted by Crippen LogP contribution is 2.40. The molecule has 0 atom stereocenters. The van der Waals surface area contributed by atoms with Crippen molar-refractivity contribution in [3.8, 4) is 5.75 Å². The molecule has 0 aromatic heterocycles. The van der Waals surface area contributed by atoms with E-state index in [1.807, 2.05) is 6.08 Å². The van der Waals surface area contributed by atoms with E-state index in [0.29, 0.717) is 17.8 Å². The topological polar surface area (TPSA) is 21.6 Å². The zero-order valence-electron chi connectivity index (χ0n) is 10.2. The van der Waals surface area contributed by atoms with Crippen LogP contribution >= 0.6 is 11.6 Å². The lowest BCUT2D eigenvalue weighted by molar-refractivity contribution is -0.137. The van der Waals surface area contributed by atoms with E-state index in [9.17, 15) is 13.2 Å². The summed E-state index contributed by atoms with van der Waals surface area (Å²) in [5.74, 6) is 0.927. The first-order valence-electron chi connectivity index (χ1n) is 5.98. The molecular formula is C14H9ClF3NO. The summed E-state index contributed by atoms with van der Waals surface area (Å²) in [6.45, 7) is 0. The summed E-state index contributed by atoms with van der Waals surface area (Å²) < 4.78 is 43.8. The summed E-state index contributed by atoms with van der Waals surface area (Å²) in [7, 11) is 0. The van der Waals surface area contributed by atoms with Crippen LogP contribution in [0.5, 0.6) is 5.75 Å². The van der Waals surface area contributed by atoms with Gasteiger partial charge in [-0.3, -0.25) is 0 Å². The highest BCUT2D eigenvalue weighted by molar-refractivity contribution is 6.70. The third kappa shape index (κ3) is 2.33. The minimum Gasteiger partial charge on any atom is -0.459 e. The Morgan fingerprint density at radius 2 is 2.05 bits per heavy atom. The molecular weight excluding hydrogens is 291 g/mol. The van der Waals surface area contributed by atoms with Crippen LogP contribution < -0.4 is 4.74 Å². The summed E-state index contributed by atoms with van der Waals surface area (Å²) in [5, 5.41) is 0.147. The van der Waals surface area contributed by atoms with E-state index in [2.05, 4.69) is 4.99 Å². The normalized spacial score (nSPS) is 17.9. The lowest BCUT2D eigenvalue weighted by atomic mass is 10.1. The number of hydrogen-bond donors (Lipinski definition) is 0. The molecule has 1 aromatic rings. The second-order valence-corrected chi connectivity index (χ2v) is 4.82. The zero-order chi connectivity index (χ0) is 14.3. The lowest BCUT2D eigenvalue weighted by Gasteiger charge is -2.14. The van der Waals surface area contributed by atoms with Gasteiger partial charge in [-0.2, -0.15) is 13.2 Å². The largest absolute Gasteiger partial charge is 0.459 e. The van der Waals surface area contributed by atoms with E-state index >= 15 is 0 Å². The van der Waals surface area contributed by atoms with Crippen molar-refractivity contribution in [3.05, 3.63) is 47.2 Å². The van der Waals surface area contributed by atoms with Crippen LogP contribution in [0.2, 0.25) is 0 Å². The highest BCUT2D eigenvalue weighted by atomic mass is 35.5. The van der Waals surface area contributed by atoms with Crippen LogP contribution in [-0.4, -0.2) is 5.17 Å². The lowest BCUT2D eigenvalue weighted by Crippen LogP contribution is -2.05. The van der Waals surface area contributed by atoms with E-state index in [0.717, 1.165) is 18.6 Å². The first-order valence-corrected chi connectivity index (χ1v) is 6.36. The van der Waals surface area contributed by atoms with Crippen LogP contribution in [0.15, 0.2) is 46.7 Å². The Morgan fingerprint density at radius 3 is 2.80 bits per heavy atom. The Balaban J connectivity index is 2.10. The second-order valence-electron chi connectivity index (χ2n) is 4.46. The Morgan fingerprint density at radius 1 is 1.25 bits per heavy atom. The number of ether oxygens (including phenoxy) is 1. The average molecular weight is 300 g/mol. The monoisotopic (exact) mass is 299 g/mol. The number of fused-ring (bicyclic) bond motifs is 1. The molecule has 1 aliphatic heterocycles. The molecule has 0 spiro atoms. The van der Waals surface area contributed by atoms with Crippen molar-refractivity contribution in [2.24, 2.45) is 4.99 Å². The van der Waals surface area contributed by atoms with Gasteiger partial charge in [0, 0.05) is 12.0 Å². The van der Waals surface area contributed by atoms with Gasteiger partial charge in [-0.25, -0.2) is 4.99 Å². The fraction of sp³-hybridized carbons (Fsp3) is 0.214. The van der Waals surface area contributed by atoms with E-state index < -0.39 is 11.7 Å². The summed E-state index contributed by atoms with van der Waals surface area (Å²) in [4.78, 5) is 4.05. The third-order valence-electron chi connectivity index (χ3n) is 3.08. The Labute approximate surface area is 118 Å².